The zero-order valence-electron chi connectivity index (χ0n) is 11.1. The fourth-order valence-corrected chi connectivity index (χ4v) is 3.29. The zero-order valence-corrected chi connectivity index (χ0v) is 14.0. The fraction of sp³-hybridized carbons (Fsp3) is 0.188. The second-order valence-electron chi connectivity index (χ2n) is 4.97. The van der Waals surface area contributed by atoms with Crippen molar-refractivity contribution >= 4 is 45.8 Å². The first-order valence-corrected chi connectivity index (χ1v) is 8.03. The van der Waals surface area contributed by atoms with Crippen molar-refractivity contribution in [3.63, 3.8) is 0 Å². The van der Waals surface area contributed by atoms with Crippen LogP contribution in [0.1, 0.15) is 17.5 Å². The number of hydrogen-bond acceptors (Lipinski definition) is 1. The molecule has 2 aromatic rings. The van der Waals surface area contributed by atoms with Gasteiger partial charge in [0, 0.05) is 21.2 Å². The molecule has 2 nitrogen and oxygen atoms in total. The van der Waals surface area contributed by atoms with E-state index in [1.165, 1.54) is 6.07 Å². The summed E-state index contributed by atoms with van der Waals surface area (Å²) in [6, 6.07) is 10.8. The molecule has 0 saturated heterocycles. The maximum Gasteiger partial charge on any atom is 0.227 e. The number of amides is 1. The third-order valence-corrected chi connectivity index (χ3v) is 4.56. The van der Waals surface area contributed by atoms with Gasteiger partial charge in [-0.05, 0) is 58.8 Å². The van der Waals surface area contributed by atoms with Crippen LogP contribution in [-0.2, 0) is 17.8 Å². The number of hydrogen-bond donors (Lipinski definition) is 0. The van der Waals surface area contributed by atoms with Crippen molar-refractivity contribution in [3.05, 3.63) is 61.9 Å². The van der Waals surface area contributed by atoms with E-state index >= 15 is 0 Å². The highest BCUT2D eigenvalue weighted by Gasteiger charge is 2.25. The molecular weight excluding hydrogens is 404 g/mol. The summed E-state index contributed by atoms with van der Waals surface area (Å²) in [5.74, 6) is -0.437. The maximum absolute atomic E-state index is 14.1. The molecule has 1 heterocycles. The molecule has 21 heavy (non-hydrogen) atoms. The monoisotopic (exact) mass is 415 g/mol. The second-order valence-corrected chi connectivity index (χ2v) is 6.62. The molecule has 0 unspecified atom stereocenters. The van der Waals surface area contributed by atoms with E-state index in [1.54, 1.807) is 17.0 Å². The standard InChI is InChI=1S/C16H12ClFINO/c17-13-3-1-2-11(16(13)18)9-20-14-6-5-12(19)8-10(14)4-7-15(20)21/h1-3,5-6,8H,4,7,9H2. The smallest absolute Gasteiger partial charge is 0.227 e. The Morgan fingerprint density at radius 3 is 2.86 bits per heavy atom. The lowest BCUT2D eigenvalue weighted by molar-refractivity contribution is -0.119. The lowest BCUT2D eigenvalue weighted by atomic mass is 10.0. The molecular formula is C16H12ClFINO. The van der Waals surface area contributed by atoms with Crippen molar-refractivity contribution < 1.29 is 9.18 Å². The van der Waals surface area contributed by atoms with Gasteiger partial charge in [0.05, 0.1) is 11.6 Å². The van der Waals surface area contributed by atoms with E-state index in [1.807, 2.05) is 12.1 Å². The van der Waals surface area contributed by atoms with Gasteiger partial charge in [0.25, 0.3) is 0 Å². The van der Waals surface area contributed by atoms with E-state index in [0.29, 0.717) is 12.0 Å². The van der Waals surface area contributed by atoms with Gasteiger partial charge in [-0.1, -0.05) is 23.7 Å². The Labute approximate surface area is 141 Å². The van der Waals surface area contributed by atoms with Gasteiger partial charge >= 0.3 is 0 Å². The largest absolute Gasteiger partial charge is 0.308 e. The van der Waals surface area contributed by atoms with Gasteiger partial charge < -0.3 is 4.90 Å². The first-order valence-electron chi connectivity index (χ1n) is 6.58. The highest BCUT2D eigenvalue weighted by atomic mass is 127. The van der Waals surface area contributed by atoms with Crippen molar-refractivity contribution in [2.75, 3.05) is 4.90 Å². The van der Waals surface area contributed by atoms with Crippen molar-refractivity contribution in [3.8, 4) is 0 Å². The summed E-state index contributed by atoms with van der Waals surface area (Å²) in [6.45, 7) is 0.207. The Morgan fingerprint density at radius 2 is 2.05 bits per heavy atom. The first-order chi connectivity index (χ1) is 10.1. The summed E-state index contributed by atoms with van der Waals surface area (Å²) in [5, 5.41) is 0.0831. The SMILES string of the molecule is O=C1CCc2cc(I)ccc2N1Cc1cccc(Cl)c1F. The average molecular weight is 416 g/mol. The topological polar surface area (TPSA) is 20.3 Å². The highest BCUT2D eigenvalue weighted by molar-refractivity contribution is 14.1. The van der Waals surface area contributed by atoms with Crippen LogP contribution < -0.4 is 4.90 Å². The Balaban J connectivity index is 1.99. The molecule has 0 saturated carbocycles. The molecule has 0 aliphatic carbocycles. The van der Waals surface area contributed by atoms with Crippen LogP contribution in [0.15, 0.2) is 36.4 Å². The minimum atomic E-state index is -0.454. The molecule has 1 aliphatic rings. The average Bonchev–Trinajstić information content (AvgIpc) is 2.46. The van der Waals surface area contributed by atoms with Gasteiger partial charge in [-0.15, -0.1) is 0 Å². The molecule has 1 aliphatic heterocycles. The molecule has 0 fully saturated rings. The van der Waals surface area contributed by atoms with Crippen molar-refractivity contribution in [2.45, 2.75) is 19.4 Å². The van der Waals surface area contributed by atoms with Crippen molar-refractivity contribution in [2.24, 2.45) is 0 Å². The second kappa shape index (κ2) is 5.93. The number of aryl methyl sites for hydroxylation is 1. The van der Waals surface area contributed by atoms with Gasteiger partial charge in [-0.3, -0.25) is 4.79 Å². The molecule has 0 N–H and O–H groups in total. The fourth-order valence-electron chi connectivity index (χ4n) is 2.54. The van der Waals surface area contributed by atoms with E-state index < -0.39 is 5.82 Å². The van der Waals surface area contributed by atoms with E-state index in [9.17, 15) is 9.18 Å². The Kier molecular flexibility index (Phi) is 4.17. The van der Waals surface area contributed by atoms with Crippen LogP contribution in [0.4, 0.5) is 10.1 Å². The molecule has 3 rings (SSSR count). The predicted octanol–water partition coefficient (Wildman–Crippen LogP) is 4.56. The van der Waals surface area contributed by atoms with Crippen LogP contribution in [0.3, 0.4) is 0 Å². The summed E-state index contributed by atoms with van der Waals surface area (Å²) >= 11 is 8.06. The van der Waals surface area contributed by atoms with Crippen LogP contribution in [-0.4, -0.2) is 5.91 Å². The van der Waals surface area contributed by atoms with Crippen molar-refractivity contribution in [1.82, 2.24) is 0 Å². The number of benzene rings is 2. The Bertz CT molecular complexity index is 719. The van der Waals surface area contributed by atoms with E-state index in [0.717, 1.165) is 21.2 Å². The third-order valence-electron chi connectivity index (χ3n) is 3.60. The van der Waals surface area contributed by atoms with Crippen LogP contribution in [0.25, 0.3) is 0 Å². The van der Waals surface area contributed by atoms with Crippen LogP contribution in [0.2, 0.25) is 5.02 Å². The third kappa shape index (κ3) is 2.92. The number of fused-ring (bicyclic) bond motifs is 1. The number of carbonyl (C=O) groups is 1. The predicted molar refractivity (Wildman–Crippen MR) is 90.1 cm³/mol. The molecule has 0 radical (unpaired) electrons. The van der Waals surface area contributed by atoms with Gasteiger partial charge in [0.2, 0.25) is 5.91 Å². The summed E-state index contributed by atoms with van der Waals surface area (Å²) in [5.41, 5.74) is 2.43. The molecule has 5 heteroatoms. The summed E-state index contributed by atoms with van der Waals surface area (Å²) in [6.07, 6.45) is 1.19. The van der Waals surface area contributed by atoms with Crippen LogP contribution >= 0.6 is 34.2 Å². The van der Waals surface area contributed by atoms with Gasteiger partial charge in [0.1, 0.15) is 5.82 Å². The van der Waals surface area contributed by atoms with E-state index in [4.69, 9.17) is 11.6 Å². The molecule has 0 aromatic heterocycles. The maximum atomic E-state index is 14.1. The Hall–Kier alpha value is -1.14. The normalized spacial score (nSPS) is 14.2. The minimum absolute atomic E-state index is 0.0167. The number of halogens is 3. The molecule has 0 spiro atoms. The number of rotatable bonds is 2. The van der Waals surface area contributed by atoms with E-state index in [-0.39, 0.29) is 17.5 Å². The lowest BCUT2D eigenvalue weighted by Gasteiger charge is -2.30. The summed E-state index contributed by atoms with van der Waals surface area (Å²) < 4.78 is 15.2. The number of anilines is 1. The molecule has 0 bridgehead atoms. The summed E-state index contributed by atoms with van der Waals surface area (Å²) in [7, 11) is 0. The highest BCUT2D eigenvalue weighted by Crippen LogP contribution is 2.31. The molecule has 0 atom stereocenters. The van der Waals surface area contributed by atoms with Gasteiger partial charge in [-0.25, -0.2) is 4.39 Å². The summed E-state index contributed by atoms with van der Waals surface area (Å²) in [4.78, 5) is 13.9. The Morgan fingerprint density at radius 1 is 1.24 bits per heavy atom. The zero-order chi connectivity index (χ0) is 15.0. The lowest BCUT2D eigenvalue weighted by Crippen LogP contribution is -2.34. The van der Waals surface area contributed by atoms with Crippen LogP contribution in [0.5, 0.6) is 0 Å². The van der Waals surface area contributed by atoms with E-state index in [2.05, 4.69) is 28.7 Å². The molecule has 1 amide bonds. The van der Waals surface area contributed by atoms with Crippen molar-refractivity contribution in [1.29, 1.82) is 0 Å². The van der Waals surface area contributed by atoms with Gasteiger partial charge in [-0.2, -0.15) is 0 Å². The number of nitrogens with zero attached hydrogens (tertiary/aromatic N) is 1. The van der Waals surface area contributed by atoms with Crippen LogP contribution in [0, 0.1) is 9.39 Å². The molecule has 108 valence electrons. The minimum Gasteiger partial charge on any atom is -0.308 e. The molecule has 2 aromatic carbocycles. The quantitative estimate of drug-likeness (QED) is 0.658. The first kappa shape index (κ1) is 14.8. The number of carbonyl (C=O) groups excluding carboxylic acids is 1. The van der Waals surface area contributed by atoms with Gasteiger partial charge in [0.15, 0.2) is 0 Å².